The summed E-state index contributed by atoms with van der Waals surface area (Å²) in [6.07, 6.45) is 5.25. The summed E-state index contributed by atoms with van der Waals surface area (Å²) in [5, 5.41) is 4.11. The van der Waals surface area contributed by atoms with Crippen LogP contribution < -0.4 is 10.1 Å². The molecular formula is C27H33N3O3. The summed E-state index contributed by atoms with van der Waals surface area (Å²) in [5.41, 5.74) is 2.85. The molecule has 0 spiro atoms. The number of para-hydroxylation sites is 2. The fourth-order valence-corrected chi connectivity index (χ4v) is 4.49. The van der Waals surface area contributed by atoms with E-state index in [1.807, 2.05) is 55.3 Å². The number of benzene rings is 2. The highest BCUT2D eigenvalue weighted by molar-refractivity contribution is 5.97. The van der Waals surface area contributed by atoms with E-state index in [1.54, 1.807) is 6.07 Å². The van der Waals surface area contributed by atoms with Crippen LogP contribution in [0.2, 0.25) is 0 Å². The topological polar surface area (TPSA) is 74.4 Å². The molecule has 6 nitrogen and oxygen atoms in total. The molecule has 1 saturated heterocycles. The minimum absolute atomic E-state index is 0.0627. The van der Waals surface area contributed by atoms with Gasteiger partial charge in [0.25, 0.3) is 5.91 Å². The van der Waals surface area contributed by atoms with Gasteiger partial charge in [-0.05, 0) is 56.9 Å². The van der Waals surface area contributed by atoms with Crippen LogP contribution in [0.25, 0.3) is 10.9 Å². The molecule has 2 amide bonds. The molecule has 1 unspecified atom stereocenters. The number of rotatable bonds is 8. The third-order valence-corrected chi connectivity index (χ3v) is 6.18. The van der Waals surface area contributed by atoms with E-state index in [9.17, 15) is 9.59 Å². The number of piperidine rings is 1. The highest BCUT2D eigenvalue weighted by Gasteiger charge is 2.25. The Hall–Kier alpha value is -3.28. The lowest BCUT2D eigenvalue weighted by Gasteiger charge is -2.33. The van der Waals surface area contributed by atoms with Crippen LogP contribution in [0.15, 0.2) is 54.7 Å². The molecule has 0 aliphatic carbocycles. The van der Waals surface area contributed by atoms with Crippen LogP contribution in [0.4, 0.5) is 0 Å². The number of carbonyl (C=O) groups is 2. The van der Waals surface area contributed by atoms with Crippen LogP contribution in [0, 0.1) is 5.92 Å². The van der Waals surface area contributed by atoms with Crippen molar-refractivity contribution in [1.29, 1.82) is 0 Å². The summed E-state index contributed by atoms with van der Waals surface area (Å²) in [6.45, 7) is 5.88. The molecule has 174 valence electrons. The third-order valence-electron chi connectivity index (χ3n) is 6.18. The number of nitrogens with zero attached hydrogens (tertiary/aromatic N) is 1. The lowest BCUT2D eigenvalue weighted by molar-refractivity contribution is -0.133. The molecule has 0 radical (unpaired) electrons. The number of amides is 2. The number of aryl methyl sites for hydroxylation is 1. The molecule has 0 bridgehead atoms. The molecule has 2 N–H and O–H groups in total. The largest absolute Gasteiger partial charge is 0.492 e. The lowest BCUT2D eigenvalue weighted by Crippen LogP contribution is -2.41. The first kappa shape index (κ1) is 22.9. The van der Waals surface area contributed by atoms with Gasteiger partial charge in [-0.15, -0.1) is 0 Å². The normalized spacial score (nSPS) is 16.2. The van der Waals surface area contributed by atoms with Gasteiger partial charge < -0.3 is 19.9 Å². The zero-order chi connectivity index (χ0) is 23.2. The van der Waals surface area contributed by atoms with E-state index in [1.165, 1.54) is 10.9 Å². The van der Waals surface area contributed by atoms with E-state index in [-0.39, 0.29) is 23.8 Å². The van der Waals surface area contributed by atoms with E-state index in [0.717, 1.165) is 31.3 Å². The number of aromatic amines is 1. The van der Waals surface area contributed by atoms with Crippen molar-refractivity contribution in [2.24, 2.45) is 5.92 Å². The molecule has 2 aromatic carbocycles. The Morgan fingerprint density at radius 2 is 1.94 bits per heavy atom. The van der Waals surface area contributed by atoms with Gasteiger partial charge in [0.05, 0.1) is 12.2 Å². The zero-order valence-electron chi connectivity index (χ0n) is 19.5. The summed E-state index contributed by atoms with van der Waals surface area (Å²) in [6, 6.07) is 15.6. The van der Waals surface area contributed by atoms with Crippen molar-refractivity contribution in [3.8, 4) is 5.75 Å². The standard InChI is InChI=1S/C27H33N3O3/c1-19(2)29-27(32)23-10-4-6-12-25(23)33-18-20-8-7-15-30(17-20)26(31)14-13-21-16-28-24-11-5-3-9-22(21)24/h3-6,9-12,16,19-20,28H,7-8,13-15,17-18H2,1-2H3,(H,29,32). The first-order chi connectivity index (χ1) is 16.0. The quantitative estimate of drug-likeness (QED) is 0.532. The predicted molar refractivity (Wildman–Crippen MR) is 130 cm³/mol. The first-order valence-corrected chi connectivity index (χ1v) is 11.9. The number of fused-ring (bicyclic) bond motifs is 1. The van der Waals surface area contributed by atoms with Crippen LogP contribution in [0.5, 0.6) is 5.75 Å². The second-order valence-electron chi connectivity index (χ2n) is 9.14. The lowest BCUT2D eigenvalue weighted by atomic mass is 9.98. The predicted octanol–water partition coefficient (Wildman–Crippen LogP) is 4.56. The zero-order valence-corrected chi connectivity index (χ0v) is 19.5. The number of carbonyl (C=O) groups excluding carboxylic acids is 2. The molecule has 4 rings (SSSR count). The summed E-state index contributed by atoms with van der Waals surface area (Å²) in [7, 11) is 0. The number of hydrogen-bond acceptors (Lipinski definition) is 3. The maximum atomic E-state index is 12.9. The molecule has 1 aliphatic heterocycles. The molecule has 1 aliphatic rings. The fourth-order valence-electron chi connectivity index (χ4n) is 4.49. The first-order valence-electron chi connectivity index (χ1n) is 11.9. The fraction of sp³-hybridized carbons (Fsp3) is 0.407. The highest BCUT2D eigenvalue weighted by atomic mass is 16.5. The number of hydrogen-bond donors (Lipinski definition) is 2. The van der Waals surface area contributed by atoms with Gasteiger partial charge in [0, 0.05) is 48.6 Å². The Balaban J connectivity index is 1.31. The van der Waals surface area contributed by atoms with Crippen LogP contribution in [-0.4, -0.2) is 47.4 Å². The maximum absolute atomic E-state index is 12.9. The van der Waals surface area contributed by atoms with Crippen molar-refractivity contribution in [3.63, 3.8) is 0 Å². The molecule has 2 heterocycles. The molecule has 0 saturated carbocycles. The smallest absolute Gasteiger partial charge is 0.255 e. The van der Waals surface area contributed by atoms with Crippen LogP contribution >= 0.6 is 0 Å². The van der Waals surface area contributed by atoms with Crippen molar-refractivity contribution < 1.29 is 14.3 Å². The summed E-state index contributed by atoms with van der Waals surface area (Å²) < 4.78 is 6.07. The van der Waals surface area contributed by atoms with E-state index in [0.29, 0.717) is 30.9 Å². The highest BCUT2D eigenvalue weighted by Crippen LogP contribution is 2.24. The molecule has 1 atom stereocenters. The van der Waals surface area contributed by atoms with Crippen LogP contribution in [0.3, 0.4) is 0 Å². The van der Waals surface area contributed by atoms with Gasteiger partial charge in [-0.1, -0.05) is 30.3 Å². The number of likely N-dealkylation sites (tertiary alicyclic amines) is 1. The average molecular weight is 448 g/mol. The molecular weight excluding hydrogens is 414 g/mol. The van der Waals surface area contributed by atoms with Crippen molar-refractivity contribution in [3.05, 3.63) is 65.9 Å². The average Bonchev–Trinajstić information content (AvgIpc) is 3.24. The maximum Gasteiger partial charge on any atom is 0.255 e. The monoisotopic (exact) mass is 447 g/mol. The van der Waals surface area contributed by atoms with Gasteiger partial charge in [0.1, 0.15) is 5.75 Å². The Morgan fingerprint density at radius 3 is 2.79 bits per heavy atom. The van der Waals surface area contributed by atoms with E-state index < -0.39 is 0 Å². The number of ether oxygens (including phenoxy) is 1. The molecule has 3 aromatic rings. The minimum atomic E-state index is -0.127. The molecule has 1 aromatic heterocycles. The Bertz CT molecular complexity index is 1100. The second kappa shape index (κ2) is 10.6. The molecule has 33 heavy (non-hydrogen) atoms. The summed E-state index contributed by atoms with van der Waals surface area (Å²) >= 11 is 0. The van der Waals surface area contributed by atoms with Gasteiger partial charge in [0.2, 0.25) is 5.91 Å². The van der Waals surface area contributed by atoms with Crippen molar-refractivity contribution >= 4 is 22.7 Å². The van der Waals surface area contributed by atoms with Crippen LogP contribution in [-0.2, 0) is 11.2 Å². The Morgan fingerprint density at radius 1 is 1.15 bits per heavy atom. The van der Waals surface area contributed by atoms with Crippen molar-refractivity contribution in [2.45, 2.75) is 45.6 Å². The summed E-state index contributed by atoms with van der Waals surface area (Å²) in [5.74, 6) is 0.926. The van der Waals surface area contributed by atoms with Gasteiger partial charge in [0.15, 0.2) is 0 Å². The van der Waals surface area contributed by atoms with E-state index in [4.69, 9.17) is 4.74 Å². The van der Waals surface area contributed by atoms with Crippen LogP contribution in [0.1, 0.15) is 49.0 Å². The molecule has 6 heteroatoms. The third kappa shape index (κ3) is 5.75. The van der Waals surface area contributed by atoms with Gasteiger partial charge in [-0.25, -0.2) is 0 Å². The second-order valence-corrected chi connectivity index (χ2v) is 9.14. The SMILES string of the molecule is CC(C)NC(=O)c1ccccc1OCC1CCCN(C(=O)CCc2c[nH]c3ccccc23)C1. The Labute approximate surface area is 195 Å². The summed E-state index contributed by atoms with van der Waals surface area (Å²) in [4.78, 5) is 30.7. The van der Waals surface area contributed by atoms with E-state index >= 15 is 0 Å². The number of nitrogens with one attached hydrogen (secondary N) is 2. The van der Waals surface area contributed by atoms with E-state index in [2.05, 4.69) is 22.4 Å². The van der Waals surface area contributed by atoms with Gasteiger partial charge in [-0.2, -0.15) is 0 Å². The number of aromatic nitrogens is 1. The molecule has 1 fully saturated rings. The Kier molecular flexibility index (Phi) is 7.33. The minimum Gasteiger partial charge on any atom is -0.492 e. The van der Waals surface area contributed by atoms with Gasteiger partial charge >= 0.3 is 0 Å². The van der Waals surface area contributed by atoms with Crippen molar-refractivity contribution in [1.82, 2.24) is 15.2 Å². The number of H-pyrrole nitrogens is 1. The van der Waals surface area contributed by atoms with Crippen molar-refractivity contribution in [2.75, 3.05) is 19.7 Å². The van der Waals surface area contributed by atoms with Gasteiger partial charge in [-0.3, -0.25) is 9.59 Å².